The zero-order valence-electron chi connectivity index (χ0n) is 18.1. The predicted octanol–water partition coefficient (Wildman–Crippen LogP) is 3.24. The van der Waals surface area contributed by atoms with Crippen LogP contribution in [0.4, 0.5) is 0 Å². The molecule has 0 aliphatic rings. The minimum Gasteiger partial charge on any atom is -0.493 e. The summed E-state index contributed by atoms with van der Waals surface area (Å²) < 4.78 is 45.7. The molecule has 0 aliphatic heterocycles. The fourth-order valence-electron chi connectivity index (χ4n) is 2.79. The van der Waals surface area contributed by atoms with Gasteiger partial charge in [-0.2, -0.15) is 13.5 Å². The highest BCUT2D eigenvalue weighted by Crippen LogP contribution is 2.30. The van der Waals surface area contributed by atoms with E-state index in [0.29, 0.717) is 22.6 Å². The Balaban J connectivity index is 1.71. The second-order valence-corrected chi connectivity index (χ2v) is 8.08. The van der Waals surface area contributed by atoms with Crippen molar-refractivity contribution in [2.75, 3.05) is 21.3 Å². The molecule has 0 aliphatic carbocycles. The number of nitrogens with zero attached hydrogens (tertiary/aromatic N) is 1. The molecule has 10 heteroatoms. The fraction of sp³-hybridized carbons (Fsp3) is 0.130. The number of carbonyl (C=O) groups is 1. The van der Waals surface area contributed by atoms with Crippen LogP contribution in [0, 0.1) is 0 Å². The summed E-state index contributed by atoms with van der Waals surface area (Å²) in [6.45, 7) is 0. The Morgan fingerprint density at radius 1 is 0.818 bits per heavy atom. The standard InChI is InChI=1S/C23H22N2O7S/c1-29-19-12-10-17(14-22(19)31-3)23(26)25-24-15-16-9-11-20(21(13-16)30-2)32-33(27,28)18-7-5-4-6-8-18/h4-15H,1-3H3,(H,25,26)/b24-15+. The third-order valence-electron chi connectivity index (χ3n) is 4.44. The molecule has 1 N–H and O–H groups in total. The Bertz CT molecular complexity index is 1260. The first-order chi connectivity index (χ1) is 15.9. The molecular weight excluding hydrogens is 448 g/mol. The third-order valence-corrected chi connectivity index (χ3v) is 5.69. The highest BCUT2D eigenvalue weighted by molar-refractivity contribution is 7.87. The molecule has 0 aromatic heterocycles. The van der Waals surface area contributed by atoms with Gasteiger partial charge in [-0.25, -0.2) is 5.43 Å². The quantitative estimate of drug-likeness (QED) is 0.290. The van der Waals surface area contributed by atoms with Crippen molar-refractivity contribution < 1.29 is 31.6 Å². The molecule has 3 aromatic rings. The number of amides is 1. The molecule has 0 heterocycles. The molecule has 0 fully saturated rings. The van der Waals surface area contributed by atoms with Gasteiger partial charge in [0.15, 0.2) is 23.0 Å². The van der Waals surface area contributed by atoms with Crippen LogP contribution in [0.15, 0.2) is 76.7 Å². The maximum absolute atomic E-state index is 12.5. The number of hydrogen-bond acceptors (Lipinski definition) is 8. The average molecular weight is 471 g/mol. The Morgan fingerprint density at radius 2 is 1.45 bits per heavy atom. The normalized spacial score (nSPS) is 11.1. The fourth-order valence-corrected chi connectivity index (χ4v) is 3.76. The van der Waals surface area contributed by atoms with Gasteiger partial charge in [0.25, 0.3) is 5.91 Å². The first-order valence-corrected chi connectivity index (χ1v) is 11.0. The molecule has 0 atom stereocenters. The summed E-state index contributed by atoms with van der Waals surface area (Å²) >= 11 is 0. The van der Waals surface area contributed by atoms with Crippen molar-refractivity contribution in [3.05, 3.63) is 77.9 Å². The smallest absolute Gasteiger partial charge is 0.339 e. The number of methoxy groups -OCH3 is 3. The van der Waals surface area contributed by atoms with Crippen molar-refractivity contribution in [2.45, 2.75) is 4.90 Å². The van der Waals surface area contributed by atoms with E-state index < -0.39 is 16.0 Å². The molecule has 1 amide bonds. The minimum absolute atomic E-state index is 0.0212. The molecule has 0 unspecified atom stereocenters. The van der Waals surface area contributed by atoms with Gasteiger partial charge >= 0.3 is 10.1 Å². The van der Waals surface area contributed by atoms with Gasteiger partial charge in [-0.1, -0.05) is 18.2 Å². The van der Waals surface area contributed by atoms with E-state index in [1.54, 1.807) is 36.4 Å². The molecule has 3 aromatic carbocycles. The van der Waals surface area contributed by atoms with E-state index in [0.717, 1.165) is 0 Å². The second kappa shape index (κ2) is 10.5. The van der Waals surface area contributed by atoms with Crippen molar-refractivity contribution in [3.63, 3.8) is 0 Å². The van der Waals surface area contributed by atoms with Gasteiger partial charge in [0.05, 0.1) is 27.5 Å². The lowest BCUT2D eigenvalue weighted by Gasteiger charge is -2.11. The average Bonchev–Trinajstić information content (AvgIpc) is 2.84. The topological polar surface area (TPSA) is 113 Å². The van der Waals surface area contributed by atoms with E-state index in [9.17, 15) is 13.2 Å². The highest BCUT2D eigenvalue weighted by atomic mass is 32.2. The number of ether oxygens (including phenoxy) is 3. The second-order valence-electron chi connectivity index (χ2n) is 6.53. The molecule has 3 rings (SSSR count). The van der Waals surface area contributed by atoms with Gasteiger partial charge in [0, 0.05) is 5.56 Å². The number of hydrogen-bond donors (Lipinski definition) is 1. The summed E-state index contributed by atoms with van der Waals surface area (Å²) in [5.74, 6) is 0.673. The van der Waals surface area contributed by atoms with E-state index in [1.165, 1.54) is 57.9 Å². The minimum atomic E-state index is -4.02. The number of benzene rings is 3. The van der Waals surface area contributed by atoms with Crippen LogP contribution in [0.2, 0.25) is 0 Å². The number of carbonyl (C=O) groups excluding carboxylic acids is 1. The van der Waals surface area contributed by atoms with Crippen molar-refractivity contribution in [1.82, 2.24) is 5.43 Å². The molecule has 33 heavy (non-hydrogen) atoms. The van der Waals surface area contributed by atoms with Crippen LogP contribution in [0.25, 0.3) is 0 Å². The van der Waals surface area contributed by atoms with Crippen LogP contribution < -0.4 is 23.8 Å². The Hall–Kier alpha value is -4.05. The van der Waals surface area contributed by atoms with Crippen LogP contribution >= 0.6 is 0 Å². The summed E-state index contributed by atoms with van der Waals surface area (Å²) in [6, 6.07) is 17.0. The summed E-state index contributed by atoms with van der Waals surface area (Å²) in [7, 11) is 0.347. The number of nitrogens with one attached hydrogen (secondary N) is 1. The summed E-state index contributed by atoms with van der Waals surface area (Å²) in [5, 5.41) is 3.93. The van der Waals surface area contributed by atoms with E-state index in [4.69, 9.17) is 18.4 Å². The van der Waals surface area contributed by atoms with Crippen molar-refractivity contribution >= 4 is 22.2 Å². The number of hydrazone groups is 1. The van der Waals surface area contributed by atoms with Crippen LogP contribution in [0.3, 0.4) is 0 Å². The maximum Gasteiger partial charge on any atom is 0.339 e. The van der Waals surface area contributed by atoms with Gasteiger partial charge < -0.3 is 18.4 Å². The Morgan fingerprint density at radius 3 is 2.12 bits per heavy atom. The molecule has 172 valence electrons. The van der Waals surface area contributed by atoms with E-state index >= 15 is 0 Å². The van der Waals surface area contributed by atoms with Gasteiger partial charge in [0.1, 0.15) is 4.90 Å². The Kier molecular flexibility index (Phi) is 7.52. The van der Waals surface area contributed by atoms with Gasteiger partial charge in [-0.05, 0) is 54.1 Å². The lowest BCUT2D eigenvalue weighted by molar-refractivity contribution is 0.0954. The van der Waals surface area contributed by atoms with Crippen LogP contribution in [-0.4, -0.2) is 41.9 Å². The molecule has 0 bridgehead atoms. The van der Waals surface area contributed by atoms with Gasteiger partial charge in [-0.15, -0.1) is 0 Å². The van der Waals surface area contributed by atoms with E-state index in [-0.39, 0.29) is 16.4 Å². The first kappa shape index (κ1) is 23.6. The van der Waals surface area contributed by atoms with Gasteiger partial charge in [-0.3, -0.25) is 4.79 Å². The lowest BCUT2D eigenvalue weighted by Crippen LogP contribution is -2.17. The summed E-state index contributed by atoms with van der Waals surface area (Å²) in [4.78, 5) is 12.4. The van der Waals surface area contributed by atoms with Crippen LogP contribution in [0.1, 0.15) is 15.9 Å². The number of rotatable bonds is 9. The largest absolute Gasteiger partial charge is 0.493 e. The molecule has 0 radical (unpaired) electrons. The molecule has 0 spiro atoms. The summed E-state index contributed by atoms with van der Waals surface area (Å²) in [6.07, 6.45) is 1.39. The maximum atomic E-state index is 12.5. The van der Waals surface area contributed by atoms with E-state index in [2.05, 4.69) is 10.5 Å². The highest BCUT2D eigenvalue weighted by Gasteiger charge is 2.19. The SMILES string of the molecule is COc1ccc(C(=O)N/N=C/c2ccc(OS(=O)(=O)c3ccccc3)c(OC)c2)cc1OC. The third kappa shape index (κ3) is 5.80. The van der Waals surface area contributed by atoms with Crippen LogP contribution in [-0.2, 0) is 10.1 Å². The lowest BCUT2D eigenvalue weighted by atomic mass is 10.2. The molecule has 0 saturated carbocycles. The van der Waals surface area contributed by atoms with Crippen molar-refractivity contribution in [2.24, 2.45) is 5.10 Å². The van der Waals surface area contributed by atoms with Gasteiger partial charge in [0.2, 0.25) is 0 Å². The summed E-state index contributed by atoms with van der Waals surface area (Å²) in [5.41, 5.74) is 3.29. The van der Waals surface area contributed by atoms with Crippen LogP contribution in [0.5, 0.6) is 23.0 Å². The monoisotopic (exact) mass is 470 g/mol. The molecule has 0 saturated heterocycles. The molecular formula is C23H22N2O7S. The molecule has 9 nitrogen and oxygen atoms in total. The van der Waals surface area contributed by atoms with Crippen molar-refractivity contribution in [1.29, 1.82) is 0 Å². The van der Waals surface area contributed by atoms with E-state index in [1.807, 2.05) is 0 Å². The van der Waals surface area contributed by atoms with Crippen molar-refractivity contribution in [3.8, 4) is 23.0 Å². The Labute approximate surface area is 191 Å². The zero-order valence-corrected chi connectivity index (χ0v) is 19.0. The predicted molar refractivity (Wildman–Crippen MR) is 122 cm³/mol. The zero-order chi connectivity index (χ0) is 23.8. The first-order valence-electron chi connectivity index (χ1n) is 9.61.